The van der Waals surface area contributed by atoms with Crippen LogP contribution in [-0.2, 0) is 6.42 Å². The molecule has 0 bridgehead atoms. The lowest BCUT2D eigenvalue weighted by Crippen LogP contribution is -2.43. The maximum absolute atomic E-state index is 14.6. The van der Waals surface area contributed by atoms with Gasteiger partial charge in [-0.3, -0.25) is 0 Å². The number of anilines is 1. The zero-order valence-corrected chi connectivity index (χ0v) is 17.4. The van der Waals surface area contributed by atoms with Crippen LogP contribution in [0.5, 0.6) is 0 Å². The quantitative estimate of drug-likeness (QED) is 0.559. The summed E-state index contributed by atoms with van der Waals surface area (Å²) in [6.07, 6.45) is 5.80. The van der Waals surface area contributed by atoms with Crippen molar-refractivity contribution >= 4 is 17.3 Å². The summed E-state index contributed by atoms with van der Waals surface area (Å²) in [6, 6.07) is 8.93. The monoisotopic (exact) mass is 425 g/mol. The Morgan fingerprint density at radius 3 is 2.73 bits per heavy atom. The number of rotatable bonds is 6. The highest BCUT2D eigenvalue weighted by Gasteiger charge is 2.32. The van der Waals surface area contributed by atoms with Crippen LogP contribution in [0.25, 0.3) is 21.8 Å². The molecule has 3 aromatic rings. The van der Waals surface area contributed by atoms with Crippen molar-refractivity contribution in [2.45, 2.75) is 43.7 Å². The molecule has 2 aliphatic rings. The zero-order chi connectivity index (χ0) is 20.6. The van der Waals surface area contributed by atoms with Crippen molar-refractivity contribution in [3.63, 3.8) is 0 Å². The van der Waals surface area contributed by atoms with Gasteiger partial charge in [-0.05, 0) is 57.0 Å². The van der Waals surface area contributed by atoms with E-state index in [0.29, 0.717) is 48.2 Å². The van der Waals surface area contributed by atoms with E-state index in [9.17, 15) is 9.50 Å². The Morgan fingerprint density at radius 2 is 1.97 bits per heavy atom. The van der Waals surface area contributed by atoms with Gasteiger partial charge in [0.1, 0.15) is 5.82 Å². The number of hydrogen-bond donors (Lipinski definition) is 3. The number of thiazole rings is 1. The lowest BCUT2D eigenvalue weighted by atomic mass is 9.89. The van der Waals surface area contributed by atoms with Crippen LogP contribution in [0, 0.1) is 5.82 Å². The summed E-state index contributed by atoms with van der Waals surface area (Å²) >= 11 is 1.48. The van der Waals surface area contributed by atoms with Crippen LogP contribution in [0.2, 0.25) is 0 Å². The molecular formula is C22H24FN5OS. The Morgan fingerprint density at radius 1 is 1.17 bits per heavy atom. The largest absolute Gasteiger partial charge is 0.389 e. The average Bonchev–Trinajstić information content (AvgIpc) is 3.46. The summed E-state index contributed by atoms with van der Waals surface area (Å²) < 4.78 is 14.6. The van der Waals surface area contributed by atoms with Gasteiger partial charge in [-0.15, -0.1) is 11.3 Å². The molecule has 0 atom stereocenters. The Labute approximate surface area is 178 Å². The topological polar surface area (TPSA) is 83.0 Å². The molecule has 2 fully saturated rings. The van der Waals surface area contributed by atoms with E-state index in [1.54, 1.807) is 18.3 Å². The van der Waals surface area contributed by atoms with E-state index in [4.69, 9.17) is 4.98 Å². The molecule has 1 aromatic carbocycles. The molecule has 3 N–H and O–H groups in total. The first-order valence-electron chi connectivity index (χ1n) is 10.4. The number of aliphatic hydroxyl groups is 1. The highest BCUT2D eigenvalue weighted by Crippen LogP contribution is 2.39. The normalized spacial score (nSPS) is 18.3. The molecule has 6 nitrogen and oxygen atoms in total. The number of halogens is 1. The number of hydrogen-bond acceptors (Lipinski definition) is 7. The Hall–Kier alpha value is -2.42. The summed E-state index contributed by atoms with van der Waals surface area (Å²) in [6.45, 7) is 1.58. The van der Waals surface area contributed by atoms with E-state index in [1.807, 2.05) is 12.1 Å². The molecule has 156 valence electrons. The molecule has 2 aromatic heterocycles. The standard InChI is InChI=1S/C22H24FN5OS/c23-16-4-2-1-3-15(16)19-20(17-7-10-25-21(27-17)26-14-5-6-14)30-18(28-19)13-22(29)8-11-24-12-9-22/h1-4,7,10,14,24,29H,5-6,8-9,11-13H2,(H,25,26,27). The number of piperidine rings is 1. The lowest BCUT2D eigenvalue weighted by molar-refractivity contribution is 0.0108. The van der Waals surface area contributed by atoms with Gasteiger partial charge >= 0.3 is 0 Å². The van der Waals surface area contributed by atoms with Crippen LogP contribution < -0.4 is 10.6 Å². The van der Waals surface area contributed by atoms with Crippen molar-refractivity contribution in [2.75, 3.05) is 18.4 Å². The number of benzene rings is 1. The van der Waals surface area contributed by atoms with Gasteiger partial charge in [0.15, 0.2) is 0 Å². The number of nitrogens with zero attached hydrogens (tertiary/aromatic N) is 3. The fourth-order valence-electron chi connectivity index (χ4n) is 3.76. The van der Waals surface area contributed by atoms with Gasteiger partial charge in [0.2, 0.25) is 5.95 Å². The van der Waals surface area contributed by atoms with Gasteiger partial charge in [0.25, 0.3) is 0 Å². The van der Waals surface area contributed by atoms with Crippen LogP contribution in [0.3, 0.4) is 0 Å². The van der Waals surface area contributed by atoms with Gasteiger partial charge in [0.05, 0.1) is 26.9 Å². The van der Waals surface area contributed by atoms with E-state index in [1.165, 1.54) is 17.4 Å². The van der Waals surface area contributed by atoms with Gasteiger partial charge in [-0.2, -0.15) is 0 Å². The van der Waals surface area contributed by atoms with Gasteiger partial charge < -0.3 is 15.7 Å². The second-order valence-electron chi connectivity index (χ2n) is 8.10. The Bertz CT molecular complexity index is 1050. The molecule has 0 unspecified atom stereocenters. The maximum Gasteiger partial charge on any atom is 0.223 e. The zero-order valence-electron chi connectivity index (χ0n) is 16.6. The third-order valence-electron chi connectivity index (χ3n) is 5.61. The van der Waals surface area contributed by atoms with E-state index >= 15 is 0 Å². The number of nitrogens with one attached hydrogen (secondary N) is 2. The highest BCUT2D eigenvalue weighted by molar-refractivity contribution is 7.15. The smallest absolute Gasteiger partial charge is 0.223 e. The Balaban J connectivity index is 1.54. The summed E-state index contributed by atoms with van der Waals surface area (Å²) in [5, 5.41) is 18.4. The number of aromatic nitrogens is 3. The molecular weight excluding hydrogens is 401 g/mol. The highest BCUT2D eigenvalue weighted by atomic mass is 32.1. The van der Waals surface area contributed by atoms with Crippen molar-refractivity contribution in [3.8, 4) is 21.8 Å². The first-order chi connectivity index (χ1) is 14.6. The van der Waals surface area contributed by atoms with E-state index in [-0.39, 0.29) is 5.82 Å². The third kappa shape index (κ3) is 4.21. The van der Waals surface area contributed by atoms with Crippen LogP contribution in [-0.4, -0.2) is 44.8 Å². The van der Waals surface area contributed by atoms with Gasteiger partial charge in [-0.1, -0.05) is 12.1 Å². The minimum absolute atomic E-state index is 0.318. The van der Waals surface area contributed by atoms with Crippen molar-refractivity contribution in [1.82, 2.24) is 20.3 Å². The van der Waals surface area contributed by atoms with Crippen molar-refractivity contribution in [3.05, 3.63) is 47.4 Å². The second-order valence-corrected chi connectivity index (χ2v) is 9.18. The van der Waals surface area contributed by atoms with Crippen molar-refractivity contribution < 1.29 is 9.50 Å². The van der Waals surface area contributed by atoms with Crippen LogP contribution in [0.15, 0.2) is 36.5 Å². The fraction of sp³-hybridized carbons (Fsp3) is 0.409. The Kier molecular flexibility index (Phi) is 5.22. The van der Waals surface area contributed by atoms with E-state index < -0.39 is 5.60 Å². The molecule has 1 aliphatic heterocycles. The third-order valence-corrected chi connectivity index (χ3v) is 6.69. The first-order valence-corrected chi connectivity index (χ1v) is 11.2. The predicted octanol–water partition coefficient (Wildman–Crippen LogP) is 3.64. The molecule has 1 aliphatic carbocycles. The summed E-state index contributed by atoms with van der Waals surface area (Å²) in [5.41, 5.74) is 0.953. The maximum atomic E-state index is 14.6. The van der Waals surface area contributed by atoms with E-state index in [2.05, 4.69) is 20.6 Å². The second kappa shape index (κ2) is 8.02. The lowest BCUT2D eigenvalue weighted by Gasteiger charge is -2.31. The molecule has 1 saturated heterocycles. The van der Waals surface area contributed by atoms with Crippen molar-refractivity contribution in [2.24, 2.45) is 0 Å². The SMILES string of the molecule is OC1(Cc2nc(-c3ccccc3F)c(-c3ccnc(NC4CC4)n3)s2)CCNCC1. The van der Waals surface area contributed by atoms with Crippen molar-refractivity contribution in [1.29, 1.82) is 0 Å². The molecule has 0 spiro atoms. The first kappa shape index (κ1) is 19.5. The van der Waals surface area contributed by atoms with Crippen LogP contribution in [0.4, 0.5) is 10.3 Å². The van der Waals surface area contributed by atoms with E-state index in [0.717, 1.165) is 35.8 Å². The summed E-state index contributed by atoms with van der Waals surface area (Å²) in [7, 11) is 0. The molecule has 0 radical (unpaired) electrons. The molecule has 3 heterocycles. The predicted molar refractivity (Wildman–Crippen MR) is 116 cm³/mol. The average molecular weight is 426 g/mol. The van der Waals surface area contributed by atoms with Gasteiger partial charge in [0, 0.05) is 24.2 Å². The molecule has 5 rings (SSSR count). The fourth-order valence-corrected chi connectivity index (χ4v) is 4.95. The van der Waals surface area contributed by atoms with Crippen LogP contribution >= 0.6 is 11.3 Å². The molecule has 8 heteroatoms. The summed E-state index contributed by atoms with van der Waals surface area (Å²) in [5.74, 6) is 0.267. The van der Waals surface area contributed by atoms with Gasteiger partial charge in [-0.25, -0.2) is 19.3 Å². The minimum Gasteiger partial charge on any atom is -0.389 e. The molecule has 1 saturated carbocycles. The minimum atomic E-state index is -0.781. The summed E-state index contributed by atoms with van der Waals surface area (Å²) in [4.78, 5) is 14.6. The molecule has 30 heavy (non-hydrogen) atoms. The molecule has 0 amide bonds. The van der Waals surface area contributed by atoms with Crippen LogP contribution in [0.1, 0.15) is 30.7 Å².